The fourth-order valence-corrected chi connectivity index (χ4v) is 3.59. The van der Waals surface area contributed by atoms with Crippen LogP contribution in [0.5, 0.6) is 5.75 Å². The van der Waals surface area contributed by atoms with Gasteiger partial charge in [0.25, 0.3) is 5.91 Å². The van der Waals surface area contributed by atoms with E-state index in [1.165, 1.54) is 22.3 Å². The fourth-order valence-electron chi connectivity index (χ4n) is 2.89. The molecule has 0 bridgehead atoms. The number of nitrogens with one attached hydrogen (secondary N) is 1. The summed E-state index contributed by atoms with van der Waals surface area (Å²) in [5, 5.41) is 11.6. The Morgan fingerprint density at radius 1 is 1.23 bits per heavy atom. The van der Waals surface area contributed by atoms with Gasteiger partial charge in [-0.05, 0) is 31.5 Å². The SMILES string of the molecule is CCOC(=O)CCC(=O)c1ccc2c(c1)N(CC(=O)Nc1nnc(CC)s1)C(=O)CO2. The van der Waals surface area contributed by atoms with Gasteiger partial charge in [-0.1, -0.05) is 18.3 Å². The molecular formula is C20H22N4O6S. The Morgan fingerprint density at radius 2 is 2.03 bits per heavy atom. The minimum atomic E-state index is -0.450. The lowest BCUT2D eigenvalue weighted by Gasteiger charge is -2.29. The zero-order valence-corrected chi connectivity index (χ0v) is 18.0. The quantitative estimate of drug-likeness (QED) is 0.458. The third-order valence-electron chi connectivity index (χ3n) is 4.40. The maximum absolute atomic E-state index is 12.5. The molecule has 1 aromatic carbocycles. The number of anilines is 2. The second kappa shape index (κ2) is 10.1. The molecule has 0 radical (unpaired) electrons. The molecule has 0 atom stereocenters. The maximum Gasteiger partial charge on any atom is 0.306 e. The van der Waals surface area contributed by atoms with Crippen LogP contribution in [-0.2, 0) is 25.5 Å². The number of amides is 2. The summed E-state index contributed by atoms with van der Waals surface area (Å²) in [7, 11) is 0. The second-order valence-electron chi connectivity index (χ2n) is 6.58. The van der Waals surface area contributed by atoms with Crippen LogP contribution in [0.4, 0.5) is 10.8 Å². The van der Waals surface area contributed by atoms with Gasteiger partial charge in [-0.2, -0.15) is 0 Å². The predicted octanol–water partition coefficient (Wildman–Crippen LogP) is 1.99. The van der Waals surface area contributed by atoms with Crippen LogP contribution in [-0.4, -0.2) is 53.5 Å². The summed E-state index contributed by atoms with van der Waals surface area (Å²) >= 11 is 1.26. The molecule has 1 aromatic heterocycles. The molecular weight excluding hydrogens is 424 g/mol. The van der Waals surface area contributed by atoms with Crippen molar-refractivity contribution in [1.29, 1.82) is 0 Å². The number of carbonyl (C=O) groups excluding carboxylic acids is 4. The number of Topliss-reactive ketones (excluding diaryl/α,β-unsaturated/α-hetero) is 1. The van der Waals surface area contributed by atoms with Gasteiger partial charge < -0.3 is 9.47 Å². The minimum Gasteiger partial charge on any atom is -0.482 e. The first-order valence-electron chi connectivity index (χ1n) is 9.79. The van der Waals surface area contributed by atoms with Crippen LogP contribution >= 0.6 is 11.3 Å². The fraction of sp³-hybridized carbons (Fsp3) is 0.400. The minimum absolute atomic E-state index is 0.0241. The Labute approximate surface area is 182 Å². The molecule has 0 fully saturated rings. The van der Waals surface area contributed by atoms with Crippen LogP contribution in [0, 0.1) is 0 Å². The summed E-state index contributed by atoms with van der Waals surface area (Å²) in [6.45, 7) is 3.39. The first-order chi connectivity index (χ1) is 14.9. The van der Waals surface area contributed by atoms with E-state index in [1.807, 2.05) is 6.92 Å². The van der Waals surface area contributed by atoms with Crippen LogP contribution < -0.4 is 15.0 Å². The number of ether oxygens (including phenoxy) is 2. The van der Waals surface area contributed by atoms with Crippen molar-refractivity contribution >= 4 is 45.7 Å². The van der Waals surface area contributed by atoms with E-state index in [2.05, 4.69) is 15.5 Å². The van der Waals surface area contributed by atoms with Crippen LogP contribution in [0.3, 0.4) is 0 Å². The summed E-state index contributed by atoms with van der Waals surface area (Å²) in [5.41, 5.74) is 0.628. The second-order valence-corrected chi connectivity index (χ2v) is 7.64. The van der Waals surface area contributed by atoms with Gasteiger partial charge in [-0.25, -0.2) is 0 Å². The number of benzene rings is 1. The number of nitrogens with zero attached hydrogens (tertiary/aromatic N) is 3. The highest BCUT2D eigenvalue weighted by molar-refractivity contribution is 7.15. The van der Waals surface area contributed by atoms with Gasteiger partial charge in [0.1, 0.15) is 17.3 Å². The number of ketones is 1. The summed E-state index contributed by atoms with van der Waals surface area (Å²) in [6, 6.07) is 4.63. The van der Waals surface area contributed by atoms with Crippen molar-refractivity contribution < 1.29 is 28.7 Å². The lowest BCUT2D eigenvalue weighted by Crippen LogP contribution is -2.43. The van der Waals surface area contributed by atoms with Crippen molar-refractivity contribution in [2.45, 2.75) is 33.1 Å². The maximum atomic E-state index is 12.5. The summed E-state index contributed by atoms with van der Waals surface area (Å²) in [6.07, 6.45) is 0.645. The van der Waals surface area contributed by atoms with Crippen molar-refractivity contribution in [2.75, 3.05) is 30.0 Å². The van der Waals surface area contributed by atoms with Crippen molar-refractivity contribution in [1.82, 2.24) is 10.2 Å². The van der Waals surface area contributed by atoms with Crippen LogP contribution in [0.25, 0.3) is 0 Å². The van der Waals surface area contributed by atoms with Gasteiger partial charge in [0, 0.05) is 12.0 Å². The van der Waals surface area contributed by atoms with Gasteiger partial charge in [-0.3, -0.25) is 29.4 Å². The topological polar surface area (TPSA) is 128 Å². The van der Waals surface area contributed by atoms with E-state index in [0.29, 0.717) is 28.6 Å². The number of aryl methyl sites for hydroxylation is 1. The number of carbonyl (C=O) groups is 4. The van der Waals surface area contributed by atoms with Crippen molar-refractivity contribution in [2.24, 2.45) is 0 Å². The Bertz CT molecular complexity index is 1010. The third kappa shape index (κ3) is 5.63. The Morgan fingerprint density at radius 3 is 2.74 bits per heavy atom. The predicted molar refractivity (Wildman–Crippen MR) is 112 cm³/mol. The first-order valence-corrected chi connectivity index (χ1v) is 10.6. The molecule has 1 aliphatic heterocycles. The monoisotopic (exact) mass is 446 g/mol. The number of esters is 1. The number of fused-ring (bicyclic) bond motifs is 1. The van der Waals surface area contributed by atoms with E-state index in [9.17, 15) is 19.2 Å². The molecule has 2 aromatic rings. The van der Waals surface area contributed by atoms with Crippen LogP contribution in [0.15, 0.2) is 18.2 Å². The third-order valence-corrected chi connectivity index (χ3v) is 5.39. The smallest absolute Gasteiger partial charge is 0.306 e. The number of rotatable bonds is 9. The highest BCUT2D eigenvalue weighted by Gasteiger charge is 2.28. The molecule has 0 saturated carbocycles. The molecule has 11 heteroatoms. The highest BCUT2D eigenvalue weighted by atomic mass is 32.1. The van der Waals surface area contributed by atoms with E-state index in [4.69, 9.17) is 9.47 Å². The Balaban J connectivity index is 1.72. The largest absolute Gasteiger partial charge is 0.482 e. The average molecular weight is 446 g/mol. The summed E-state index contributed by atoms with van der Waals surface area (Å²) in [4.78, 5) is 50.1. The van der Waals surface area contributed by atoms with Gasteiger partial charge >= 0.3 is 5.97 Å². The molecule has 1 aliphatic rings. The molecule has 0 unspecified atom stereocenters. The Kier molecular flexibility index (Phi) is 7.29. The van der Waals surface area contributed by atoms with Crippen molar-refractivity contribution in [3.63, 3.8) is 0 Å². The van der Waals surface area contributed by atoms with Gasteiger partial charge in [-0.15, -0.1) is 10.2 Å². The average Bonchev–Trinajstić information content (AvgIpc) is 3.21. The zero-order chi connectivity index (χ0) is 22.4. The van der Waals surface area contributed by atoms with E-state index in [-0.39, 0.29) is 38.4 Å². The summed E-state index contributed by atoms with van der Waals surface area (Å²) in [5.74, 6) is -1.20. The first kappa shape index (κ1) is 22.3. The molecule has 2 amide bonds. The number of aromatic nitrogens is 2. The molecule has 2 heterocycles. The molecule has 10 nitrogen and oxygen atoms in total. The van der Waals surface area contributed by atoms with Crippen LogP contribution in [0.1, 0.15) is 42.1 Å². The van der Waals surface area contributed by atoms with E-state index < -0.39 is 17.8 Å². The normalized spacial score (nSPS) is 12.7. The molecule has 3 rings (SSSR count). The molecule has 0 spiro atoms. The molecule has 164 valence electrons. The standard InChI is InChI=1S/C20H22N4O6S/c1-3-17-22-23-20(31-17)21-16(26)10-24-13-9-12(5-7-15(13)30-11-18(24)27)14(25)6-8-19(28)29-4-2/h5,7,9H,3-4,6,8,10-11H2,1-2H3,(H,21,23,26). The molecule has 1 N–H and O–H groups in total. The van der Waals surface area contributed by atoms with Crippen LogP contribution in [0.2, 0.25) is 0 Å². The molecule has 31 heavy (non-hydrogen) atoms. The molecule has 0 saturated heterocycles. The van der Waals surface area contributed by atoms with E-state index in [0.717, 1.165) is 5.01 Å². The zero-order valence-electron chi connectivity index (χ0n) is 17.2. The van der Waals surface area contributed by atoms with Gasteiger partial charge in [0.2, 0.25) is 11.0 Å². The summed E-state index contributed by atoms with van der Waals surface area (Å²) < 4.78 is 10.3. The highest BCUT2D eigenvalue weighted by Crippen LogP contribution is 2.33. The Hall–Kier alpha value is -3.34. The number of hydrogen-bond acceptors (Lipinski definition) is 9. The lowest BCUT2D eigenvalue weighted by atomic mass is 10.0. The van der Waals surface area contributed by atoms with Gasteiger partial charge in [0.05, 0.1) is 18.7 Å². The lowest BCUT2D eigenvalue weighted by molar-refractivity contribution is -0.143. The van der Waals surface area contributed by atoms with Gasteiger partial charge in [0.15, 0.2) is 12.4 Å². The molecule has 0 aliphatic carbocycles. The van der Waals surface area contributed by atoms with E-state index >= 15 is 0 Å². The number of hydrogen-bond donors (Lipinski definition) is 1. The van der Waals surface area contributed by atoms with Crippen molar-refractivity contribution in [3.05, 3.63) is 28.8 Å². The van der Waals surface area contributed by atoms with E-state index in [1.54, 1.807) is 19.1 Å². The van der Waals surface area contributed by atoms with Crippen molar-refractivity contribution in [3.8, 4) is 5.75 Å².